The largest absolute Gasteiger partial charge is 0.361 e. The highest BCUT2D eigenvalue weighted by atomic mass is 16.1. The van der Waals surface area contributed by atoms with Crippen LogP contribution in [0, 0.1) is 20.8 Å². The molecule has 28 heavy (non-hydrogen) atoms. The van der Waals surface area contributed by atoms with Crippen molar-refractivity contribution in [2.45, 2.75) is 33.6 Å². The fourth-order valence-electron chi connectivity index (χ4n) is 3.55. The fraction of sp³-hybridized carbons (Fsp3) is 0.217. The molecule has 5 nitrogen and oxygen atoms in total. The molecule has 0 aliphatic rings. The molecule has 0 aliphatic heterocycles. The van der Waals surface area contributed by atoms with Gasteiger partial charge in [-0.15, -0.1) is 0 Å². The maximum Gasteiger partial charge on any atom is 0.224 e. The van der Waals surface area contributed by atoms with Gasteiger partial charge in [-0.05, 0) is 51.0 Å². The predicted molar refractivity (Wildman–Crippen MR) is 113 cm³/mol. The lowest BCUT2D eigenvalue weighted by molar-refractivity contribution is -0.116. The van der Waals surface area contributed by atoms with E-state index in [1.54, 1.807) is 0 Å². The number of nitrogens with zero attached hydrogens (tertiary/aromatic N) is 2. The number of aromatic amines is 1. The first-order valence-electron chi connectivity index (χ1n) is 9.51. The van der Waals surface area contributed by atoms with Gasteiger partial charge in [0.15, 0.2) is 0 Å². The molecule has 2 aromatic carbocycles. The van der Waals surface area contributed by atoms with Gasteiger partial charge in [0.25, 0.3) is 0 Å². The van der Waals surface area contributed by atoms with Crippen molar-refractivity contribution in [3.8, 4) is 5.69 Å². The van der Waals surface area contributed by atoms with Crippen LogP contribution < -0.4 is 5.32 Å². The summed E-state index contributed by atoms with van der Waals surface area (Å²) in [6.45, 7) is 5.96. The van der Waals surface area contributed by atoms with Crippen LogP contribution >= 0.6 is 0 Å². The topological polar surface area (TPSA) is 62.7 Å². The normalized spacial score (nSPS) is 11.1. The summed E-state index contributed by atoms with van der Waals surface area (Å²) in [6.07, 6.45) is 3.11. The van der Waals surface area contributed by atoms with E-state index in [1.165, 1.54) is 10.9 Å². The summed E-state index contributed by atoms with van der Waals surface area (Å²) in [7, 11) is 0. The minimum atomic E-state index is -0.0000581. The molecule has 0 saturated heterocycles. The number of rotatable bonds is 5. The molecule has 0 unspecified atom stereocenters. The molecule has 2 aromatic heterocycles. The Balaban J connectivity index is 1.48. The highest BCUT2D eigenvalue weighted by Crippen LogP contribution is 2.24. The van der Waals surface area contributed by atoms with E-state index < -0.39 is 0 Å². The van der Waals surface area contributed by atoms with Gasteiger partial charge in [0, 0.05) is 23.5 Å². The molecular formula is C23H24N4O. The summed E-state index contributed by atoms with van der Waals surface area (Å²) in [4.78, 5) is 15.8. The van der Waals surface area contributed by atoms with Crippen LogP contribution in [0.3, 0.4) is 0 Å². The zero-order chi connectivity index (χ0) is 19.7. The molecule has 0 spiro atoms. The minimum absolute atomic E-state index is 0.0000581. The molecular weight excluding hydrogens is 348 g/mol. The number of amides is 1. The van der Waals surface area contributed by atoms with E-state index >= 15 is 0 Å². The lowest BCUT2D eigenvalue weighted by atomic mass is 10.1. The van der Waals surface area contributed by atoms with Crippen molar-refractivity contribution >= 4 is 22.5 Å². The van der Waals surface area contributed by atoms with Gasteiger partial charge >= 0.3 is 0 Å². The Bertz CT molecular complexity index is 1140. The van der Waals surface area contributed by atoms with E-state index in [0.29, 0.717) is 12.8 Å². The first kappa shape index (κ1) is 18.0. The van der Waals surface area contributed by atoms with Crippen molar-refractivity contribution in [3.63, 3.8) is 0 Å². The Morgan fingerprint density at radius 3 is 2.61 bits per heavy atom. The number of para-hydroxylation sites is 1. The Morgan fingerprint density at radius 1 is 1.07 bits per heavy atom. The van der Waals surface area contributed by atoms with Gasteiger partial charge in [0.1, 0.15) is 0 Å². The molecule has 142 valence electrons. The second kappa shape index (κ2) is 7.35. The molecule has 0 bridgehead atoms. The van der Waals surface area contributed by atoms with Crippen molar-refractivity contribution < 1.29 is 4.79 Å². The second-order valence-corrected chi connectivity index (χ2v) is 7.20. The molecule has 4 aromatic rings. The number of carbonyl (C=O) groups is 1. The summed E-state index contributed by atoms with van der Waals surface area (Å²) >= 11 is 0. The van der Waals surface area contributed by atoms with Crippen molar-refractivity contribution in [1.82, 2.24) is 14.8 Å². The maximum absolute atomic E-state index is 12.6. The fourth-order valence-corrected chi connectivity index (χ4v) is 3.55. The molecule has 0 aliphatic carbocycles. The van der Waals surface area contributed by atoms with E-state index in [9.17, 15) is 4.79 Å². The molecule has 2 heterocycles. The van der Waals surface area contributed by atoms with Crippen LogP contribution in [0.25, 0.3) is 16.6 Å². The zero-order valence-corrected chi connectivity index (χ0v) is 16.4. The van der Waals surface area contributed by atoms with Gasteiger partial charge in [0.2, 0.25) is 5.91 Å². The first-order chi connectivity index (χ1) is 13.5. The molecule has 1 amide bonds. The highest BCUT2D eigenvalue weighted by Gasteiger charge is 2.15. The molecule has 0 radical (unpaired) electrons. The van der Waals surface area contributed by atoms with Crippen LogP contribution in [0.5, 0.6) is 0 Å². The molecule has 0 atom stereocenters. The number of H-pyrrole nitrogens is 1. The molecule has 4 rings (SSSR count). The first-order valence-corrected chi connectivity index (χ1v) is 9.51. The van der Waals surface area contributed by atoms with Crippen molar-refractivity contribution in [3.05, 3.63) is 77.2 Å². The van der Waals surface area contributed by atoms with Gasteiger partial charge in [-0.3, -0.25) is 4.79 Å². The Labute approximate surface area is 164 Å². The monoisotopic (exact) mass is 372 g/mol. The molecule has 5 heteroatoms. The quantitative estimate of drug-likeness (QED) is 0.526. The number of aryl methyl sites for hydroxylation is 3. The average molecular weight is 372 g/mol. The lowest BCUT2D eigenvalue weighted by Gasteiger charge is -2.07. The smallest absolute Gasteiger partial charge is 0.224 e. The van der Waals surface area contributed by atoms with Crippen molar-refractivity contribution in [1.29, 1.82) is 0 Å². The Hall–Kier alpha value is -3.34. The summed E-state index contributed by atoms with van der Waals surface area (Å²) in [5.41, 5.74) is 7.00. The number of hydrogen-bond donors (Lipinski definition) is 2. The van der Waals surface area contributed by atoms with E-state index in [4.69, 9.17) is 0 Å². The third kappa shape index (κ3) is 3.43. The van der Waals surface area contributed by atoms with Crippen LogP contribution in [0.4, 0.5) is 5.69 Å². The third-order valence-electron chi connectivity index (χ3n) is 5.13. The average Bonchev–Trinajstić information content (AvgIpc) is 3.23. The molecule has 0 fully saturated rings. The van der Waals surface area contributed by atoms with Gasteiger partial charge in [-0.2, -0.15) is 5.10 Å². The Morgan fingerprint density at radius 2 is 1.82 bits per heavy atom. The number of aromatic nitrogens is 3. The van der Waals surface area contributed by atoms with Crippen LogP contribution in [-0.4, -0.2) is 20.7 Å². The van der Waals surface area contributed by atoms with Gasteiger partial charge in [-0.25, -0.2) is 4.68 Å². The summed E-state index contributed by atoms with van der Waals surface area (Å²) in [5, 5.41) is 8.84. The number of carbonyl (C=O) groups excluding carboxylic acids is 1. The van der Waals surface area contributed by atoms with Gasteiger partial charge < -0.3 is 10.3 Å². The molecule has 2 N–H and O–H groups in total. The van der Waals surface area contributed by atoms with E-state index in [1.807, 2.05) is 55.1 Å². The van der Waals surface area contributed by atoms with E-state index in [0.717, 1.165) is 33.8 Å². The predicted octanol–water partition coefficient (Wildman–Crippen LogP) is 4.85. The third-order valence-corrected chi connectivity index (χ3v) is 5.13. The van der Waals surface area contributed by atoms with E-state index in [-0.39, 0.29) is 5.91 Å². The summed E-state index contributed by atoms with van der Waals surface area (Å²) < 4.78 is 1.88. The van der Waals surface area contributed by atoms with Crippen LogP contribution in [0.2, 0.25) is 0 Å². The SMILES string of the molecule is Cc1ccc(-n2nc(C)c(NC(=O)CCc3c[nH]c4ccccc34)c2C)cc1. The van der Waals surface area contributed by atoms with Gasteiger partial charge in [-0.1, -0.05) is 35.9 Å². The molecule has 0 saturated carbocycles. The number of hydrogen-bond acceptors (Lipinski definition) is 2. The van der Waals surface area contributed by atoms with Crippen LogP contribution in [0.1, 0.15) is 28.9 Å². The standard InChI is InChI=1S/C23H24N4O/c1-15-8-11-19(12-9-15)27-17(3)23(16(2)26-27)25-22(28)13-10-18-14-24-21-7-5-4-6-20(18)21/h4-9,11-12,14,24H,10,13H2,1-3H3,(H,25,28). The van der Waals surface area contributed by atoms with Crippen molar-refractivity contribution in [2.24, 2.45) is 0 Å². The highest BCUT2D eigenvalue weighted by molar-refractivity contribution is 5.92. The minimum Gasteiger partial charge on any atom is -0.361 e. The summed E-state index contributed by atoms with van der Waals surface area (Å²) in [5.74, 6) is -0.0000581. The lowest BCUT2D eigenvalue weighted by Crippen LogP contribution is -2.13. The van der Waals surface area contributed by atoms with Crippen LogP contribution in [0.15, 0.2) is 54.7 Å². The maximum atomic E-state index is 12.6. The van der Waals surface area contributed by atoms with Crippen LogP contribution in [-0.2, 0) is 11.2 Å². The number of benzene rings is 2. The van der Waals surface area contributed by atoms with Crippen molar-refractivity contribution in [2.75, 3.05) is 5.32 Å². The number of anilines is 1. The summed E-state index contributed by atoms with van der Waals surface area (Å²) in [6, 6.07) is 16.4. The van der Waals surface area contributed by atoms with E-state index in [2.05, 4.69) is 40.5 Å². The number of fused-ring (bicyclic) bond motifs is 1. The van der Waals surface area contributed by atoms with Gasteiger partial charge in [0.05, 0.1) is 22.8 Å². The zero-order valence-electron chi connectivity index (χ0n) is 16.4. The number of nitrogens with one attached hydrogen (secondary N) is 2. The second-order valence-electron chi connectivity index (χ2n) is 7.20. The Kier molecular flexibility index (Phi) is 4.74.